The number of sulfonamides is 2. The average Bonchev–Trinajstić information content (AvgIpc) is 1.55. The molecule has 6 unspecified atom stereocenters. The molecule has 10 heterocycles. The zero-order chi connectivity index (χ0) is 81.3. The van der Waals surface area contributed by atoms with Gasteiger partial charge >= 0.3 is 0 Å². The fourth-order valence-corrected chi connectivity index (χ4v) is 20.6. The van der Waals surface area contributed by atoms with Crippen molar-refractivity contribution in [3.63, 3.8) is 0 Å². The number of hydrogen-bond donors (Lipinski definition) is 5. The third kappa shape index (κ3) is 19.3. The highest BCUT2D eigenvalue weighted by atomic mass is 79.9. The number of aryl methyl sites for hydroxylation is 3. The smallest absolute Gasteiger partial charge is 0.211 e. The van der Waals surface area contributed by atoms with Crippen LogP contribution in [0.4, 0.5) is 59.2 Å². The lowest BCUT2D eigenvalue weighted by molar-refractivity contribution is 0.0564. The van der Waals surface area contributed by atoms with Gasteiger partial charge < -0.3 is 36.5 Å². The van der Waals surface area contributed by atoms with Crippen LogP contribution in [0.2, 0.25) is 30.1 Å². The van der Waals surface area contributed by atoms with E-state index in [1.807, 2.05) is 26.1 Å². The molecular weight excluding hydrogens is 1830 g/mol. The van der Waals surface area contributed by atoms with E-state index in [9.17, 15) is 43.2 Å². The van der Waals surface area contributed by atoms with E-state index >= 15 is 4.39 Å². The van der Waals surface area contributed by atoms with Crippen molar-refractivity contribution in [2.24, 2.45) is 0 Å². The maximum atomic E-state index is 15.4. The number of hydrogen-bond acceptors (Lipinski definition) is 15. The number of rotatable bonds is 6. The maximum Gasteiger partial charge on any atom is 0.211 e. The highest BCUT2D eigenvalue weighted by molar-refractivity contribution is 9.11. The van der Waals surface area contributed by atoms with Crippen molar-refractivity contribution in [3.8, 4) is 0 Å². The van der Waals surface area contributed by atoms with Gasteiger partial charge in [0.15, 0.2) is 29.1 Å². The largest absolute Gasteiger partial charge is 0.398 e. The maximum absolute atomic E-state index is 15.4. The fraction of sp³-hybridized carbons (Fsp3) is 0.370. The number of aromatic nitrogens is 8. The van der Waals surface area contributed by atoms with Crippen molar-refractivity contribution < 1.29 is 57.0 Å². The van der Waals surface area contributed by atoms with Gasteiger partial charge in [0, 0.05) is 96.5 Å². The van der Waals surface area contributed by atoms with Gasteiger partial charge in [0.05, 0.1) is 134 Å². The predicted molar refractivity (Wildman–Crippen MR) is 441 cm³/mol. The van der Waals surface area contributed by atoms with Crippen LogP contribution in [0.25, 0.3) is 43.6 Å². The van der Waals surface area contributed by atoms with Crippen molar-refractivity contribution in [3.05, 3.63) is 186 Å². The molecule has 4 aromatic heterocycles. The minimum Gasteiger partial charge on any atom is -0.398 e. The molecule has 0 amide bonds. The van der Waals surface area contributed by atoms with E-state index in [4.69, 9.17) is 96.3 Å². The lowest BCUT2D eigenvalue weighted by Gasteiger charge is -2.41. The van der Waals surface area contributed by atoms with Crippen LogP contribution >= 0.6 is 117 Å². The SMILES string of the molecule is CS(=O)(=O)N1C2CCC1CN(c1c(F)c(Cl)cc3cn[nH]c13)C2.CS(=O)(=O)N1C2CCC1CN(c1c(F)c(Cl)cc3cnn(C4CCCOC4)c13)C2.Cc1cc(Cl)c(F)c(Br)c1N.Cc1cc(Cl)c(F)cc1N.Cc1ccc(F)cc1N.Fc1c(Cl)cc2cn[nH]c2c1Br.Fc1c(Cl)cc2cnn(C3CCCOC3)c2c1Br. The summed E-state index contributed by atoms with van der Waals surface area (Å²) in [5.74, 6) is -3.12. The first-order valence-corrected chi connectivity index (χ1v) is 43.2. The van der Waals surface area contributed by atoms with Crippen molar-refractivity contribution >= 4 is 209 Å². The Bertz CT molecular complexity index is 5450. The topological polar surface area (TPSA) is 271 Å². The molecule has 0 aliphatic carbocycles. The second-order valence-corrected chi connectivity index (χ2v) is 36.2. The average molecular weight is 1910 g/mol. The predicted octanol–water partition coefficient (Wildman–Crippen LogP) is 19.0. The molecule has 112 heavy (non-hydrogen) atoms. The minimum absolute atomic E-state index is 0.0480. The number of ether oxygens (including phenoxy) is 2. The number of nitrogens with one attached hydrogen (secondary N) is 2. The molecule has 0 saturated carbocycles. The zero-order valence-corrected chi connectivity index (χ0v) is 71.3. The number of anilines is 5. The molecule has 11 aromatic rings. The summed E-state index contributed by atoms with van der Waals surface area (Å²) in [6.45, 7) is 9.88. The van der Waals surface area contributed by atoms with Gasteiger partial charge in [-0.2, -0.15) is 29.0 Å². The van der Waals surface area contributed by atoms with E-state index in [1.54, 1.807) is 71.5 Å². The molecule has 21 nitrogen and oxygen atoms in total. The molecule has 0 radical (unpaired) electrons. The molecule has 7 aromatic carbocycles. The molecule has 17 rings (SSSR count). The second kappa shape index (κ2) is 36.6. The van der Waals surface area contributed by atoms with Gasteiger partial charge in [0.25, 0.3) is 0 Å². The van der Waals surface area contributed by atoms with Crippen LogP contribution in [0.15, 0.2) is 98.9 Å². The number of nitrogen functional groups attached to an aromatic ring is 3. The van der Waals surface area contributed by atoms with Gasteiger partial charge in [0.2, 0.25) is 20.0 Å². The molecule has 6 fully saturated rings. The molecule has 6 saturated heterocycles. The van der Waals surface area contributed by atoms with Gasteiger partial charge in [-0.3, -0.25) is 19.6 Å². The van der Waals surface area contributed by atoms with E-state index in [0.29, 0.717) is 87.8 Å². The summed E-state index contributed by atoms with van der Waals surface area (Å²) >= 11 is 44.0. The summed E-state index contributed by atoms with van der Waals surface area (Å²) in [5, 5.41) is 25.8. The Morgan fingerprint density at radius 3 is 1.34 bits per heavy atom. The number of benzene rings is 7. The van der Waals surface area contributed by atoms with E-state index in [-0.39, 0.29) is 76.7 Å². The summed E-state index contributed by atoms with van der Waals surface area (Å²) < 4.78 is 162. The molecule has 8 N–H and O–H groups in total. The first-order valence-electron chi connectivity index (χ1n) is 34.8. The van der Waals surface area contributed by atoms with Crippen molar-refractivity contribution in [1.29, 1.82) is 0 Å². The molecule has 6 aliphatic rings. The Kier molecular flexibility index (Phi) is 28.3. The standard InChI is InChI=1S/C19H24ClFN4O3S.C14H16ClFN4O2S.C12H11BrClFN2O.C7H3BrClFN2.C7H6BrClFN.C7H7ClFN.C7H8FN/c1-29(26,27)25-13-4-5-14(25)10-23(9-13)19-17(21)16(20)7-12-8-22-24(18(12)19)15-3-2-6-28-11-15;1-23(21,22)20-9-2-3-10(20)7-19(6-9)14-12(16)11(15)4-8-5-17-18-13(8)14;13-10-11(15)9(14)4-7-5-16-17(12(7)10)8-2-1-3-18-6-8;8-5-6(10)4(9)1-3-2-11-12-7(3)5;1-3-2-4(9)6(10)5(8)7(3)11;1-4-2-5(8)6(9)3-7(4)10;1-5-2-3-6(8)4-7(5)9/h7-8,13-15H,2-6,9-11H2,1H3;4-5,9-10H,2-3,6-7H2,1H3,(H,17,18);4-5,8H,1-3,6H2;1-2H,(H,11,12);2H,11H2,1H3;2-3H,10H2,1H3;2-4H,9H2,1H3. The lowest BCUT2D eigenvalue weighted by Crippen LogP contribution is -2.55. The quantitative estimate of drug-likeness (QED) is 0.0588. The molecule has 0 spiro atoms. The number of fused-ring (bicyclic) bond motifs is 8. The van der Waals surface area contributed by atoms with Crippen LogP contribution in [0.1, 0.15) is 80.1 Å². The van der Waals surface area contributed by atoms with E-state index < -0.39 is 54.9 Å². The number of nitrogens with two attached hydrogens (primary N) is 3. The lowest BCUT2D eigenvalue weighted by atomic mass is 10.1. The van der Waals surface area contributed by atoms with Crippen molar-refractivity contribution in [2.45, 2.75) is 108 Å². The van der Waals surface area contributed by atoms with Gasteiger partial charge in [0.1, 0.15) is 23.0 Å². The summed E-state index contributed by atoms with van der Waals surface area (Å²) in [6.07, 6.45) is 16.1. The first-order chi connectivity index (χ1) is 52.9. The summed E-state index contributed by atoms with van der Waals surface area (Å²) in [5.41, 5.74) is 23.6. The van der Waals surface area contributed by atoms with Crippen LogP contribution in [-0.2, 0) is 29.5 Å². The fourth-order valence-electron chi connectivity index (χ4n) is 14.4. The normalized spacial score (nSPS) is 19.7. The van der Waals surface area contributed by atoms with Gasteiger partial charge in [-0.1, -0.05) is 75.7 Å². The Morgan fingerprint density at radius 1 is 0.455 bits per heavy atom. The van der Waals surface area contributed by atoms with Crippen LogP contribution in [0.5, 0.6) is 0 Å². The van der Waals surface area contributed by atoms with Crippen LogP contribution in [0.3, 0.4) is 0 Å². The third-order valence-electron chi connectivity index (χ3n) is 19.8. The van der Waals surface area contributed by atoms with E-state index in [1.165, 1.54) is 48.9 Å². The molecule has 4 bridgehead atoms. The first kappa shape index (κ1) is 86.7. The molecule has 6 aliphatic heterocycles. The molecule has 602 valence electrons. The van der Waals surface area contributed by atoms with Crippen LogP contribution < -0.4 is 27.0 Å². The number of piperazine rings is 2. The highest BCUT2D eigenvalue weighted by Crippen LogP contribution is 2.44. The third-order valence-corrected chi connectivity index (χ3v) is 26.4. The highest BCUT2D eigenvalue weighted by Gasteiger charge is 2.47. The van der Waals surface area contributed by atoms with Crippen LogP contribution in [0, 0.1) is 61.5 Å². The van der Waals surface area contributed by atoms with E-state index in [2.05, 4.69) is 78.4 Å². The number of halogens is 16. The summed E-state index contributed by atoms with van der Waals surface area (Å²) in [4.78, 5) is 3.86. The molecule has 6 atom stereocenters. The number of nitrogens with zero attached hydrogens (tertiary/aromatic N) is 10. The molecular formula is C73H75Br3Cl6F7N15O6S2. The van der Waals surface area contributed by atoms with Gasteiger partial charge in [-0.25, -0.2) is 47.6 Å². The van der Waals surface area contributed by atoms with Gasteiger partial charge in [-0.15, -0.1) is 0 Å². The second-order valence-electron chi connectivity index (χ2n) is 27.6. The summed E-state index contributed by atoms with van der Waals surface area (Å²) in [6, 6.07) is 14.5. The number of H-pyrrole nitrogens is 2. The van der Waals surface area contributed by atoms with Crippen molar-refractivity contribution in [2.75, 3.05) is 92.1 Å². The minimum atomic E-state index is -3.29. The van der Waals surface area contributed by atoms with Gasteiger partial charge in [-0.05, 0) is 191 Å². The van der Waals surface area contributed by atoms with E-state index in [0.717, 1.165) is 114 Å². The zero-order valence-electron chi connectivity index (χ0n) is 60.4. The number of aromatic amines is 2. The Morgan fingerprint density at radius 2 is 0.866 bits per heavy atom. The Balaban J connectivity index is 0.000000135. The molecule has 39 heteroatoms. The summed E-state index contributed by atoms with van der Waals surface area (Å²) in [7, 11) is -6.54. The van der Waals surface area contributed by atoms with Crippen LogP contribution in [-0.4, -0.2) is 155 Å². The van der Waals surface area contributed by atoms with Crippen molar-refractivity contribution in [1.82, 2.24) is 48.6 Å². The Labute approximate surface area is 696 Å². The Hall–Kier alpha value is -6.15. The monoisotopic (exact) mass is 1900 g/mol.